The average molecular weight is 275 g/mol. The summed E-state index contributed by atoms with van der Waals surface area (Å²) in [4.78, 5) is 11.2. The number of ether oxygens (including phenoxy) is 1. The first-order valence-corrected chi connectivity index (χ1v) is 6.32. The second-order valence-electron chi connectivity index (χ2n) is 3.28. The Balaban J connectivity index is 3.71. The predicted molar refractivity (Wildman–Crippen MR) is 67.2 cm³/mol. The molecule has 0 spiro atoms. The minimum atomic E-state index is -0.238. The third-order valence-electron chi connectivity index (χ3n) is 2.09. The largest absolute Gasteiger partial charge is 0.466 e. The van der Waals surface area contributed by atoms with E-state index in [1.54, 1.807) is 0 Å². The number of hydrogen-bond acceptors (Lipinski definition) is 2. The summed E-state index contributed by atoms with van der Waals surface area (Å²) in [5.41, 5.74) is 0.709. The van der Waals surface area contributed by atoms with Gasteiger partial charge in [-0.3, -0.25) is 0 Å². The van der Waals surface area contributed by atoms with Crippen LogP contribution in [0.5, 0.6) is 0 Å². The molecule has 0 bridgehead atoms. The first-order valence-electron chi connectivity index (χ1n) is 5.20. The van der Waals surface area contributed by atoms with E-state index >= 15 is 0 Å². The fraction of sp³-hybridized carbons (Fsp3) is 0.583. The highest BCUT2D eigenvalue weighted by Crippen LogP contribution is 2.08. The summed E-state index contributed by atoms with van der Waals surface area (Å²) in [6.07, 6.45) is 9.38. The van der Waals surface area contributed by atoms with Gasteiger partial charge >= 0.3 is 5.97 Å². The first kappa shape index (κ1) is 14.4. The van der Waals surface area contributed by atoms with Gasteiger partial charge in [0.2, 0.25) is 0 Å². The number of halogens is 1. The van der Waals surface area contributed by atoms with Gasteiger partial charge in [0.05, 0.1) is 7.11 Å². The molecule has 15 heavy (non-hydrogen) atoms. The molecular formula is C12H19BrO2. The lowest BCUT2D eigenvalue weighted by molar-refractivity contribution is -0.135. The molecule has 86 valence electrons. The van der Waals surface area contributed by atoms with Gasteiger partial charge in [-0.25, -0.2) is 4.79 Å². The van der Waals surface area contributed by atoms with E-state index in [4.69, 9.17) is 0 Å². The van der Waals surface area contributed by atoms with Crippen molar-refractivity contribution in [1.82, 2.24) is 0 Å². The van der Waals surface area contributed by atoms with Crippen LogP contribution in [-0.4, -0.2) is 18.4 Å². The highest BCUT2D eigenvalue weighted by Gasteiger charge is 2.06. The van der Waals surface area contributed by atoms with Crippen LogP contribution < -0.4 is 0 Å². The number of carbonyl (C=O) groups is 1. The molecule has 0 aliphatic heterocycles. The van der Waals surface area contributed by atoms with Crippen molar-refractivity contribution in [2.45, 2.75) is 32.1 Å². The van der Waals surface area contributed by atoms with Gasteiger partial charge in [-0.2, -0.15) is 0 Å². The number of carbonyl (C=O) groups excluding carboxylic acids is 1. The summed E-state index contributed by atoms with van der Waals surface area (Å²) < 4.78 is 4.65. The van der Waals surface area contributed by atoms with Gasteiger partial charge < -0.3 is 4.74 Å². The maximum Gasteiger partial charge on any atom is 0.334 e. The molecule has 0 saturated heterocycles. The fourth-order valence-electron chi connectivity index (χ4n) is 1.21. The van der Waals surface area contributed by atoms with E-state index in [0.29, 0.717) is 10.9 Å². The van der Waals surface area contributed by atoms with Crippen molar-refractivity contribution in [3.05, 3.63) is 24.3 Å². The Morgan fingerprint density at radius 2 is 2.00 bits per heavy atom. The van der Waals surface area contributed by atoms with Gasteiger partial charge in [0.25, 0.3) is 0 Å². The van der Waals surface area contributed by atoms with Crippen LogP contribution >= 0.6 is 15.9 Å². The van der Waals surface area contributed by atoms with Gasteiger partial charge in [0, 0.05) is 10.9 Å². The van der Waals surface area contributed by atoms with E-state index < -0.39 is 0 Å². The van der Waals surface area contributed by atoms with Gasteiger partial charge in [0.1, 0.15) is 0 Å². The van der Waals surface area contributed by atoms with E-state index in [-0.39, 0.29) is 5.97 Å². The molecule has 0 N–H and O–H groups in total. The lowest BCUT2D eigenvalue weighted by Gasteiger charge is -2.01. The highest BCUT2D eigenvalue weighted by atomic mass is 79.9. The van der Waals surface area contributed by atoms with Crippen molar-refractivity contribution >= 4 is 21.9 Å². The van der Waals surface area contributed by atoms with E-state index in [2.05, 4.69) is 27.2 Å². The summed E-state index contributed by atoms with van der Waals surface area (Å²) in [7, 11) is 1.41. The zero-order valence-electron chi connectivity index (χ0n) is 9.30. The normalized spacial score (nSPS) is 11.2. The number of allylic oxidation sites excluding steroid dienone is 2. The SMILES string of the molecule is C=CCCCCC/C=C(\CBr)C(=O)OC. The summed E-state index contributed by atoms with van der Waals surface area (Å²) in [5.74, 6) is -0.238. The second-order valence-corrected chi connectivity index (χ2v) is 3.84. The van der Waals surface area contributed by atoms with Crippen molar-refractivity contribution in [2.75, 3.05) is 12.4 Å². The van der Waals surface area contributed by atoms with Crippen LogP contribution in [0.4, 0.5) is 0 Å². The van der Waals surface area contributed by atoms with Gasteiger partial charge in [-0.1, -0.05) is 34.5 Å². The van der Waals surface area contributed by atoms with E-state index in [1.165, 1.54) is 20.0 Å². The Labute approximate surface area is 101 Å². The number of alkyl halides is 1. The topological polar surface area (TPSA) is 26.3 Å². The Bertz CT molecular complexity index is 222. The van der Waals surface area contributed by atoms with E-state index in [0.717, 1.165) is 19.3 Å². The van der Waals surface area contributed by atoms with Crippen molar-refractivity contribution in [3.63, 3.8) is 0 Å². The Kier molecular flexibility index (Phi) is 9.59. The van der Waals surface area contributed by atoms with Crippen molar-refractivity contribution in [2.24, 2.45) is 0 Å². The molecule has 0 fully saturated rings. The molecule has 3 heteroatoms. The minimum Gasteiger partial charge on any atom is -0.466 e. The van der Waals surface area contributed by atoms with Gasteiger partial charge in [-0.05, 0) is 25.7 Å². The predicted octanol–water partition coefficient (Wildman–Crippen LogP) is 3.62. The maximum absolute atomic E-state index is 11.2. The average Bonchev–Trinajstić information content (AvgIpc) is 2.27. The van der Waals surface area contributed by atoms with Crippen LogP contribution in [0.2, 0.25) is 0 Å². The Hall–Kier alpha value is -0.570. The standard InChI is InChI=1S/C12H19BrO2/c1-3-4-5-6-7-8-9-11(10-13)12(14)15-2/h3,9H,1,4-8,10H2,2H3/b11-9+. The maximum atomic E-state index is 11.2. The van der Waals surface area contributed by atoms with Crippen molar-refractivity contribution in [1.29, 1.82) is 0 Å². The van der Waals surface area contributed by atoms with Crippen LogP contribution in [0.15, 0.2) is 24.3 Å². The molecule has 0 saturated carbocycles. The minimum absolute atomic E-state index is 0.238. The third-order valence-corrected chi connectivity index (χ3v) is 2.70. The van der Waals surface area contributed by atoms with Crippen molar-refractivity contribution in [3.8, 4) is 0 Å². The number of esters is 1. The molecule has 0 atom stereocenters. The summed E-state index contributed by atoms with van der Waals surface area (Å²) in [6.45, 7) is 3.67. The molecule has 0 aliphatic rings. The number of rotatable bonds is 8. The lowest BCUT2D eigenvalue weighted by atomic mass is 10.1. The van der Waals surface area contributed by atoms with E-state index in [1.807, 2.05) is 12.2 Å². The fourth-order valence-corrected chi connectivity index (χ4v) is 1.67. The summed E-state index contributed by atoms with van der Waals surface area (Å²) >= 11 is 3.27. The molecule has 0 aromatic heterocycles. The molecule has 0 aromatic rings. The smallest absolute Gasteiger partial charge is 0.334 e. The Morgan fingerprint density at radius 1 is 1.33 bits per heavy atom. The van der Waals surface area contributed by atoms with Crippen LogP contribution in [-0.2, 0) is 9.53 Å². The highest BCUT2D eigenvalue weighted by molar-refractivity contribution is 9.09. The van der Waals surface area contributed by atoms with Gasteiger partial charge in [0.15, 0.2) is 0 Å². The number of methoxy groups -OCH3 is 1. The van der Waals surface area contributed by atoms with E-state index in [9.17, 15) is 4.79 Å². The molecule has 0 unspecified atom stereocenters. The zero-order chi connectivity index (χ0) is 11.5. The van der Waals surface area contributed by atoms with Crippen LogP contribution in [0.3, 0.4) is 0 Å². The second kappa shape index (κ2) is 9.97. The molecule has 0 amide bonds. The van der Waals surface area contributed by atoms with Gasteiger partial charge in [-0.15, -0.1) is 6.58 Å². The molecule has 0 radical (unpaired) electrons. The van der Waals surface area contributed by atoms with Crippen molar-refractivity contribution < 1.29 is 9.53 Å². The number of unbranched alkanes of at least 4 members (excludes halogenated alkanes) is 4. The molecule has 0 rings (SSSR count). The first-order chi connectivity index (χ1) is 7.26. The summed E-state index contributed by atoms with van der Waals surface area (Å²) in [5, 5.41) is 0.562. The molecular weight excluding hydrogens is 256 g/mol. The molecule has 2 nitrogen and oxygen atoms in total. The third kappa shape index (κ3) is 7.37. The lowest BCUT2D eigenvalue weighted by Crippen LogP contribution is -2.05. The molecule has 0 heterocycles. The quantitative estimate of drug-likeness (QED) is 0.222. The monoisotopic (exact) mass is 274 g/mol. The molecule has 0 aliphatic carbocycles. The van der Waals surface area contributed by atoms with Crippen LogP contribution in [0.25, 0.3) is 0 Å². The number of hydrogen-bond donors (Lipinski definition) is 0. The Morgan fingerprint density at radius 3 is 2.53 bits per heavy atom. The molecule has 0 aromatic carbocycles. The summed E-state index contributed by atoms with van der Waals surface area (Å²) in [6, 6.07) is 0. The zero-order valence-corrected chi connectivity index (χ0v) is 10.9. The van der Waals surface area contributed by atoms with Crippen LogP contribution in [0, 0.1) is 0 Å². The van der Waals surface area contributed by atoms with Crippen LogP contribution in [0.1, 0.15) is 32.1 Å².